The molecule has 1 amide bonds. The number of benzene rings is 2. The number of carbonyl (C=O) groups excluding carboxylic acids is 2. The minimum absolute atomic E-state index is 0.132. The maximum absolute atomic E-state index is 12.8. The quantitative estimate of drug-likeness (QED) is 0.556. The van der Waals surface area contributed by atoms with E-state index in [1.54, 1.807) is 30.3 Å². The molecule has 1 atom stereocenters. The fourth-order valence-electron chi connectivity index (χ4n) is 3.17. The number of carbonyl (C=O) groups is 2. The van der Waals surface area contributed by atoms with Crippen LogP contribution in [0.5, 0.6) is 0 Å². The lowest BCUT2D eigenvalue weighted by Gasteiger charge is -2.34. The summed E-state index contributed by atoms with van der Waals surface area (Å²) in [7, 11) is -0.649. The van der Waals surface area contributed by atoms with Gasteiger partial charge in [-0.05, 0) is 29.3 Å². The van der Waals surface area contributed by atoms with Gasteiger partial charge in [-0.2, -0.15) is 0 Å². The lowest BCUT2D eigenvalue weighted by atomic mass is 9.99. The molecule has 0 aliphatic carbocycles. The van der Waals surface area contributed by atoms with E-state index in [0.717, 1.165) is 5.56 Å². The number of hydrogen-bond acceptors (Lipinski definition) is 7. The summed E-state index contributed by atoms with van der Waals surface area (Å²) in [6, 6.07) is 15.4. The molecule has 9 heteroatoms. The second-order valence-corrected chi connectivity index (χ2v) is 6.62. The van der Waals surface area contributed by atoms with Crippen LogP contribution in [0.1, 0.15) is 33.9 Å². The Kier molecular flexibility index (Phi) is 7.10. The Balaban J connectivity index is 1.80. The summed E-state index contributed by atoms with van der Waals surface area (Å²) in [5, 5.41) is 18.2. The molecule has 8 nitrogen and oxygen atoms in total. The van der Waals surface area contributed by atoms with Crippen molar-refractivity contribution in [1.29, 1.82) is 0 Å². The Morgan fingerprint density at radius 1 is 1.10 bits per heavy atom. The summed E-state index contributed by atoms with van der Waals surface area (Å²) < 4.78 is 15.2. The molecule has 2 N–H and O–H groups in total. The molecule has 30 heavy (non-hydrogen) atoms. The highest BCUT2D eigenvalue weighted by atomic mass is 16.6. The molecule has 3 rings (SSSR count). The molecule has 0 aromatic heterocycles. The summed E-state index contributed by atoms with van der Waals surface area (Å²) in [4.78, 5) is 26.0. The Morgan fingerprint density at radius 3 is 2.43 bits per heavy atom. The number of ether oxygens (including phenoxy) is 2. The van der Waals surface area contributed by atoms with Crippen LogP contribution < -0.4 is 0 Å². The molecule has 0 bridgehead atoms. The smallest absolute Gasteiger partial charge is 0.516 e. The first-order valence-electron chi connectivity index (χ1n) is 9.37. The van der Waals surface area contributed by atoms with Crippen molar-refractivity contribution in [2.45, 2.75) is 19.1 Å². The van der Waals surface area contributed by atoms with E-state index in [9.17, 15) is 9.59 Å². The van der Waals surface area contributed by atoms with Gasteiger partial charge in [0, 0.05) is 13.0 Å². The van der Waals surface area contributed by atoms with Crippen LogP contribution in [0.25, 0.3) is 0 Å². The molecule has 0 radical (unpaired) electrons. The molecule has 0 saturated heterocycles. The van der Waals surface area contributed by atoms with Gasteiger partial charge >= 0.3 is 19.4 Å². The Morgan fingerprint density at radius 2 is 1.80 bits per heavy atom. The van der Waals surface area contributed by atoms with Gasteiger partial charge in [0.15, 0.2) is 0 Å². The first-order chi connectivity index (χ1) is 14.5. The monoisotopic (exact) mass is 411 g/mol. The highest BCUT2D eigenvalue weighted by Crippen LogP contribution is 2.31. The predicted molar refractivity (Wildman–Crippen MR) is 108 cm³/mol. The molecule has 2 aromatic rings. The van der Waals surface area contributed by atoms with Gasteiger partial charge in [0.05, 0.1) is 24.5 Å². The lowest BCUT2D eigenvalue weighted by molar-refractivity contribution is 0.0600. The van der Waals surface area contributed by atoms with Gasteiger partial charge < -0.3 is 24.2 Å². The summed E-state index contributed by atoms with van der Waals surface area (Å²) >= 11 is 0. The molecule has 0 unspecified atom stereocenters. The zero-order valence-electron chi connectivity index (χ0n) is 16.4. The van der Waals surface area contributed by atoms with Crippen LogP contribution in [-0.2, 0) is 20.7 Å². The largest absolute Gasteiger partial charge is 0.707 e. The first-order valence-corrected chi connectivity index (χ1v) is 9.37. The number of methoxy groups -OCH3 is 1. The third-order valence-electron chi connectivity index (χ3n) is 4.65. The van der Waals surface area contributed by atoms with Gasteiger partial charge in [-0.1, -0.05) is 42.5 Å². The van der Waals surface area contributed by atoms with E-state index >= 15 is 0 Å². The topological polar surface area (TPSA) is 106 Å². The zero-order chi connectivity index (χ0) is 21.5. The maximum Gasteiger partial charge on any atom is 0.707 e. The molecular formula is C21H22BNO7. The van der Waals surface area contributed by atoms with E-state index in [4.69, 9.17) is 24.2 Å². The second kappa shape index (κ2) is 9.95. The van der Waals surface area contributed by atoms with Gasteiger partial charge in [-0.3, -0.25) is 4.90 Å². The summed E-state index contributed by atoms with van der Waals surface area (Å²) in [5.41, 5.74) is 1.94. The molecule has 0 saturated carbocycles. The minimum atomic E-state index is -1.95. The molecule has 156 valence electrons. The molecule has 1 heterocycles. The van der Waals surface area contributed by atoms with Crippen molar-refractivity contribution >= 4 is 19.4 Å². The Labute approximate surface area is 174 Å². The zero-order valence-corrected chi connectivity index (χ0v) is 16.4. The fraction of sp³-hybridized carbons (Fsp3) is 0.238. The van der Waals surface area contributed by atoms with E-state index in [1.165, 1.54) is 12.0 Å². The molecule has 2 aromatic carbocycles. The van der Waals surface area contributed by atoms with E-state index in [0.29, 0.717) is 23.3 Å². The molecule has 1 aliphatic heterocycles. The third kappa shape index (κ3) is 5.40. The first kappa shape index (κ1) is 21.4. The van der Waals surface area contributed by atoms with Crippen molar-refractivity contribution in [3.63, 3.8) is 0 Å². The van der Waals surface area contributed by atoms with Crippen LogP contribution in [0.3, 0.4) is 0 Å². The van der Waals surface area contributed by atoms with Crippen LogP contribution in [0.4, 0.5) is 4.79 Å². The minimum Gasteiger partial charge on any atom is -0.516 e. The van der Waals surface area contributed by atoms with Crippen molar-refractivity contribution in [2.75, 3.05) is 13.7 Å². The molecular weight excluding hydrogens is 389 g/mol. The number of nitrogens with zero attached hydrogens (tertiary/aromatic N) is 1. The predicted octanol–water partition coefficient (Wildman–Crippen LogP) is 2.43. The van der Waals surface area contributed by atoms with E-state index in [1.807, 2.05) is 30.3 Å². The van der Waals surface area contributed by atoms with Gasteiger partial charge in [-0.15, -0.1) is 0 Å². The normalized spacial score (nSPS) is 15.8. The summed E-state index contributed by atoms with van der Waals surface area (Å²) in [5.74, 6) is -0.119. The van der Waals surface area contributed by atoms with Crippen LogP contribution in [0.15, 0.2) is 66.4 Å². The Bertz CT molecular complexity index is 899. The van der Waals surface area contributed by atoms with E-state index < -0.39 is 25.4 Å². The standard InChI is InChI=1S/C21H22BNO7/c1-28-20(24)17-9-7-16(8-10-17)19-13-18(30-22(26)27)11-12-23(19)21(25)29-14-15-5-3-2-4-6-15/h2-10,13,19,26-27H,11-12,14H2,1H3/t19-/m0/s1. The third-order valence-corrected chi connectivity index (χ3v) is 4.65. The van der Waals surface area contributed by atoms with E-state index in [-0.39, 0.29) is 13.2 Å². The van der Waals surface area contributed by atoms with Gasteiger partial charge in [-0.25, -0.2) is 9.59 Å². The van der Waals surface area contributed by atoms with Crippen molar-refractivity contribution in [3.05, 3.63) is 83.1 Å². The molecule has 0 fully saturated rings. The number of esters is 1. The van der Waals surface area contributed by atoms with Gasteiger partial charge in [0.2, 0.25) is 0 Å². The number of hydrogen-bond donors (Lipinski definition) is 2. The number of rotatable bonds is 6. The summed E-state index contributed by atoms with van der Waals surface area (Å²) in [6.45, 7) is 0.391. The molecule has 0 spiro atoms. The van der Waals surface area contributed by atoms with Crippen molar-refractivity contribution in [2.24, 2.45) is 0 Å². The summed E-state index contributed by atoms with van der Waals surface area (Å²) in [6.07, 6.45) is 1.41. The average molecular weight is 411 g/mol. The lowest BCUT2D eigenvalue weighted by Crippen LogP contribution is -2.38. The second-order valence-electron chi connectivity index (χ2n) is 6.62. The van der Waals surface area contributed by atoms with Crippen LogP contribution >= 0.6 is 0 Å². The van der Waals surface area contributed by atoms with Gasteiger partial charge in [0.25, 0.3) is 0 Å². The SMILES string of the molecule is COC(=O)c1ccc([C@@H]2C=C(OB(O)O)CCN2C(=O)OCc2ccccc2)cc1. The highest BCUT2D eigenvalue weighted by molar-refractivity contribution is 6.33. The average Bonchev–Trinajstić information content (AvgIpc) is 2.77. The van der Waals surface area contributed by atoms with Crippen molar-refractivity contribution < 1.29 is 33.8 Å². The number of amides is 1. The van der Waals surface area contributed by atoms with Gasteiger partial charge in [0.1, 0.15) is 6.61 Å². The van der Waals surface area contributed by atoms with Crippen LogP contribution in [0.2, 0.25) is 0 Å². The maximum atomic E-state index is 12.8. The van der Waals surface area contributed by atoms with Crippen LogP contribution in [0, 0.1) is 0 Å². The fourth-order valence-corrected chi connectivity index (χ4v) is 3.17. The highest BCUT2D eigenvalue weighted by Gasteiger charge is 2.31. The van der Waals surface area contributed by atoms with Crippen molar-refractivity contribution in [3.8, 4) is 0 Å². The molecule has 1 aliphatic rings. The van der Waals surface area contributed by atoms with Crippen LogP contribution in [-0.4, -0.2) is 48.0 Å². The van der Waals surface area contributed by atoms with Crippen molar-refractivity contribution in [1.82, 2.24) is 4.90 Å². The van der Waals surface area contributed by atoms with E-state index in [2.05, 4.69) is 0 Å². The Hall–Kier alpha value is -3.30.